The summed E-state index contributed by atoms with van der Waals surface area (Å²) in [6.45, 7) is 4.37. The summed E-state index contributed by atoms with van der Waals surface area (Å²) in [5.41, 5.74) is 2.34. The van der Waals surface area contributed by atoms with Crippen LogP contribution in [-0.4, -0.2) is 19.7 Å². The van der Waals surface area contributed by atoms with Crippen molar-refractivity contribution in [3.63, 3.8) is 0 Å². The molecule has 4 nitrogen and oxygen atoms in total. The first-order chi connectivity index (χ1) is 11.2. The molecule has 0 bridgehead atoms. The lowest BCUT2D eigenvalue weighted by atomic mass is 10.1. The molecule has 0 amide bonds. The molecule has 0 unspecified atom stereocenters. The summed E-state index contributed by atoms with van der Waals surface area (Å²) in [5.74, 6) is 2.40. The SMILES string of the molecule is CC(C)c1nnc(SCc2cccc3cccnc23)n1C1CC1. The van der Waals surface area contributed by atoms with Crippen LogP contribution in [0.3, 0.4) is 0 Å². The van der Waals surface area contributed by atoms with Gasteiger partial charge in [0.1, 0.15) is 5.82 Å². The zero-order chi connectivity index (χ0) is 15.8. The van der Waals surface area contributed by atoms with E-state index in [1.807, 2.05) is 12.3 Å². The minimum atomic E-state index is 0.414. The van der Waals surface area contributed by atoms with Crippen LogP contribution in [0.15, 0.2) is 41.7 Å². The number of thioether (sulfide) groups is 1. The van der Waals surface area contributed by atoms with Crippen molar-refractivity contribution in [2.75, 3.05) is 0 Å². The highest BCUT2D eigenvalue weighted by atomic mass is 32.2. The molecule has 0 spiro atoms. The summed E-state index contributed by atoms with van der Waals surface area (Å²) < 4.78 is 2.36. The van der Waals surface area contributed by atoms with Gasteiger partial charge in [0, 0.05) is 29.3 Å². The molecule has 0 atom stereocenters. The molecule has 5 heteroatoms. The van der Waals surface area contributed by atoms with Crippen molar-refractivity contribution >= 4 is 22.7 Å². The zero-order valence-electron chi connectivity index (χ0n) is 13.4. The topological polar surface area (TPSA) is 43.6 Å². The standard InChI is InChI=1S/C18H20N4S/c1-12(2)17-20-21-18(22(17)15-8-9-15)23-11-14-6-3-5-13-7-4-10-19-16(13)14/h3-7,10,12,15H,8-9,11H2,1-2H3. The van der Waals surface area contributed by atoms with Crippen molar-refractivity contribution in [1.82, 2.24) is 19.7 Å². The first kappa shape index (κ1) is 14.7. The molecule has 0 N–H and O–H groups in total. The summed E-state index contributed by atoms with van der Waals surface area (Å²) in [4.78, 5) is 4.54. The van der Waals surface area contributed by atoms with E-state index in [1.54, 1.807) is 11.8 Å². The van der Waals surface area contributed by atoms with Gasteiger partial charge in [-0.3, -0.25) is 4.98 Å². The van der Waals surface area contributed by atoms with Crippen LogP contribution < -0.4 is 0 Å². The third kappa shape index (κ3) is 2.85. The van der Waals surface area contributed by atoms with Gasteiger partial charge in [0.2, 0.25) is 0 Å². The van der Waals surface area contributed by atoms with Crippen molar-refractivity contribution in [3.8, 4) is 0 Å². The van der Waals surface area contributed by atoms with E-state index in [0.29, 0.717) is 12.0 Å². The van der Waals surface area contributed by atoms with Gasteiger partial charge in [0.05, 0.1) is 5.52 Å². The molecule has 4 rings (SSSR count). The van der Waals surface area contributed by atoms with Crippen LogP contribution in [0.1, 0.15) is 50.0 Å². The van der Waals surface area contributed by atoms with Crippen LogP contribution in [0.2, 0.25) is 0 Å². The summed E-state index contributed by atoms with van der Waals surface area (Å²) in [7, 11) is 0. The quantitative estimate of drug-likeness (QED) is 0.645. The van der Waals surface area contributed by atoms with E-state index in [1.165, 1.54) is 23.8 Å². The minimum absolute atomic E-state index is 0.414. The molecule has 1 aliphatic carbocycles. The maximum atomic E-state index is 4.54. The first-order valence-corrected chi connectivity index (χ1v) is 9.13. The van der Waals surface area contributed by atoms with Crippen molar-refractivity contribution in [2.45, 2.75) is 49.6 Å². The lowest BCUT2D eigenvalue weighted by molar-refractivity contribution is 0.599. The summed E-state index contributed by atoms with van der Waals surface area (Å²) in [5, 5.41) is 11.1. The number of aromatic nitrogens is 4. The van der Waals surface area contributed by atoms with Crippen molar-refractivity contribution in [3.05, 3.63) is 47.9 Å². The van der Waals surface area contributed by atoms with Crippen LogP contribution in [0.25, 0.3) is 10.9 Å². The van der Waals surface area contributed by atoms with E-state index < -0.39 is 0 Å². The Bertz CT molecular complexity index is 831. The Kier molecular flexibility index (Phi) is 3.81. The van der Waals surface area contributed by atoms with E-state index >= 15 is 0 Å². The number of nitrogens with zero attached hydrogens (tertiary/aromatic N) is 4. The maximum absolute atomic E-state index is 4.54. The van der Waals surface area contributed by atoms with Gasteiger partial charge in [-0.05, 0) is 24.5 Å². The number of fused-ring (bicyclic) bond motifs is 1. The van der Waals surface area contributed by atoms with Gasteiger partial charge in [-0.1, -0.05) is 49.9 Å². The third-order valence-electron chi connectivity index (χ3n) is 4.19. The van der Waals surface area contributed by atoms with Gasteiger partial charge >= 0.3 is 0 Å². The van der Waals surface area contributed by atoms with Crippen molar-refractivity contribution < 1.29 is 0 Å². The molecule has 1 saturated carbocycles. The van der Waals surface area contributed by atoms with Crippen molar-refractivity contribution in [1.29, 1.82) is 0 Å². The normalized spacial score (nSPS) is 14.7. The number of hydrogen-bond acceptors (Lipinski definition) is 4. The highest BCUT2D eigenvalue weighted by Gasteiger charge is 2.30. The summed E-state index contributed by atoms with van der Waals surface area (Å²) >= 11 is 1.77. The van der Waals surface area contributed by atoms with Gasteiger partial charge in [-0.2, -0.15) is 0 Å². The van der Waals surface area contributed by atoms with Crippen LogP contribution >= 0.6 is 11.8 Å². The maximum Gasteiger partial charge on any atom is 0.191 e. The molecule has 1 fully saturated rings. The minimum Gasteiger partial charge on any atom is -0.303 e. The monoisotopic (exact) mass is 324 g/mol. The van der Waals surface area contributed by atoms with Crippen LogP contribution in [0, 0.1) is 0 Å². The average molecular weight is 324 g/mol. The fourth-order valence-electron chi connectivity index (χ4n) is 2.88. The molecular formula is C18H20N4S. The lowest BCUT2D eigenvalue weighted by Gasteiger charge is -2.11. The molecule has 0 saturated heterocycles. The van der Waals surface area contributed by atoms with Crippen LogP contribution in [-0.2, 0) is 5.75 Å². The molecule has 2 heterocycles. The molecule has 0 radical (unpaired) electrons. The number of hydrogen-bond donors (Lipinski definition) is 0. The van der Waals surface area contributed by atoms with E-state index in [9.17, 15) is 0 Å². The van der Waals surface area contributed by atoms with Gasteiger partial charge in [-0.15, -0.1) is 10.2 Å². The summed E-state index contributed by atoms with van der Waals surface area (Å²) in [6, 6.07) is 11.1. The van der Waals surface area contributed by atoms with E-state index in [4.69, 9.17) is 0 Å². The Morgan fingerprint density at radius 3 is 2.78 bits per heavy atom. The van der Waals surface area contributed by atoms with Gasteiger partial charge in [0.25, 0.3) is 0 Å². The van der Waals surface area contributed by atoms with Crippen molar-refractivity contribution in [2.24, 2.45) is 0 Å². The second-order valence-corrected chi connectivity index (χ2v) is 7.32. The van der Waals surface area contributed by atoms with E-state index in [0.717, 1.165) is 22.3 Å². The predicted molar refractivity (Wildman–Crippen MR) is 93.7 cm³/mol. The number of benzene rings is 1. The van der Waals surface area contributed by atoms with Gasteiger partial charge in [-0.25, -0.2) is 0 Å². The number of pyridine rings is 1. The summed E-state index contributed by atoms with van der Waals surface area (Å²) in [6.07, 6.45) is 4.36. The Hall–Kier alpha value is -1.88. The third-order valence-corrected chi connectivity index (χ3v) is 5.18. The first-order valence-electron chi connectivity index (χ1n) is 8.14. The highest BCUT2D eigenvalue weighted by molar-refractivity contribution is 7.98. The van der Waals surface area contributed by atoms with Gasteiger partial charge in [0.15, 0.2) is 5.16 Å². The van der Waals surface area contributed by atoms with E-state index in [2.05, 4.69) is 57.9 Å². The molecule has 118 valence electrons. The number of rotatable bonds is 5. The Labute approximate surface area is 140 Å². The smallest absolute Gasteiger partial charge is 0.191 e. The second kappa shape index (κ2) is 5.96. The highest BCUT2D eigenvalue weighted by Crippen LogP contribution is 2.40. The fraction of sp³-hybridized carbons (Fsp3) is 0.389. The number of para-hydroxylation sites is 1. The van der Waals surface area contributed by atoms with Gasteiger partial charge < -0.3 is 4.57 Å². The molecule has 1 aromatic carbocycles. The van der Waals surface area contributed by atoms with Crippen LogP contribution in [0.4, 0.5) is 0 Å². The zero-order valence-corrected chi connectivity index (χ0v) is 14.3. The molecule has 23 heavy (non-hydrogen) atoms. The largest absolute Gasteiger partial charge is 0.303 e. The second-order valence-electron chi connectivity index (χ2n) is 6.38. The average Bonchev–Trinajstić information content (AvgIpc) is 3.32. The predicted octanol–water partition coefficient (Wildman–Crippen LogP) is 4.58. The molecule has 3 aromatic rings. The molecule has 0 aliphatic heterocycles. The molecular weight excluding hydrogens is 304 g/mol. The lowest BCUT2D eigenvalue weighted by Crippen LogP contribution is -2.04. The van der Waals surface area contributed by atoms with E-state index in [-0.39, 0.29) is 0 Å². The Morgan fingerprint density at radius 2 is 2.00 bits per heavy atom. The Morgan fingerprint density at radius 1 is 1.17 bits per heavy atom. The molecule has 2 aromatic heterocycles. The Balaban J connectivity index is 1.62. The molecule has 1 aliphatic rings. The fourth-order valence-corrected chi connectivity index (χ4v) is 3.88. The van der Waals surface area contributed by atoms with Crippen LogP contribution in [0.5, 0.6) is 0 Å².